The Labute approximate surface area is 115 Å². The number of benzene rings is 1. The minimum absolute atomic E-state index is 0.0511. The molecular weight excluding hydrogens is 236 g/mol. The lowest BCUT2D eigenvalue weighted by atomic mass is 9.82. The largest absolute Gasteiger partial charge is 0.358 e. The van der Waals surface area contributed by atoms with Gasteiger partial charge in [-0.15, -0.1) is 0 Å². The highest BCUT2D eigenvalue weighted by Gasteiger charge is 2.27. The number of hydrogen-bond acceptors (Lipinski definition) is 2. The Morgan fingerprint density at radius 1 is 1.21 bits per heavy atom. The fraction of sp³-hybridized carbons (Fsp3) is 0.562. The van der Waals surface area contributed by atoms with E-state index in [9.17, 15) is 4.79 Å². The van der Waals surface area contributed by atoms with Crippen LogP contribution in [0.4, 0.5) is 0 Å². The van der Waals surface area contributed by atoms with Crippen LogP contribution in [-0.2, 0) is 4.79 Å². The summed E-state index contributed by atoms with van der Waals surface area (Å²) in [6.45, 7) is 7.41. The number of likely N-dealkylation sites (N-methyl/N-ethyl adjacent to an activating group) is 1. The van der Waals surface area contributed by atoms with Crippen LogP contribution in [0.25, 0.3) is 0 Å². The monoisotopic (exact) mass is 260 g/mol. The predicted octanol–water partition coefficient (Wildman–Crippen LogP) is 2.19. The van der Waals surface area contributed by atoms with Crippen molar-refractivity contribution in [3.05, 3.63) is 34.4 Å². The van der Waals surface area contributed by atoms with Gasteiger partial charge in [0.15, 0.2) is 0 Å². The van der Waals surface area contributed by atoms with Gasteiger partial charge < -0.3 is 10.6 Å². The smallest absolute Gasteiger partial charge is 0.236 e. The van der Waals surface area contributed by atoms with Crippen LogP contribution in [-0.4, -0.2) is 25.5 Å². The Hall–Kier alpha value is -1.35. The van der Waals surface area contributed by atoms with Crippen LogP contribution in [0.15, 0.2) is 12.1 Å². The molecule has 2 unspecified atom stereocenters. The van der Waals surface area contributed by atoms with Gasteiger partial charge in [0, 0.05) is 7.05 Å². The summed E-state index contributed by atoms with van der Waals surface area (Å²) in [5, 5.41) is 6.04. The summed E-state index contributed by atoms with van der Waals surface area (Å²) < 4.78 is 0. The van der Waals surface area contributed by atoms with Gasteiger partial charge >= 0.3 is 0 Å². The Bertz CT molecular complexity index is 482. The van der Waals surface area contributed by atoms with E-state index in [-0.39, 0.29) is 11.9 Å². The summed E-state index contributed by atoms with van der Waals surface area (Å²) in [5.41, 5.74) is 5.46. The molecule has 1 aromatic rings. The van der Waals surface area contributed by atoms with E-state index in [1.165, 1.54) is 22.3 Å². The highest BCUT2D eigenvalue weighted by molar-refractivity contribution is 5.81. The molecule has 1 heterocycles. The minimum Gasteiger partial charge on any atom is -0.358 e. The molecule has 2 atom stereocenters. The molecule has 2 N–H and O–H groups in total. The topological polar surface area (TPSA) is 41.1 Å². The number of carbonyl (C=O) groups excluding carboxylic acids is 1. The van der Waals surface area contributed by atoms with E-state index in [0.29, 0.717) is 5.92 Å². The summed E-state index contributed by atoms with van der Waals surface area (Å²) in [7, 11) is 1.70. The van der Waals surface area contributed by atoms with Gasteiger partial charge in [-0.25, -0.2) is 0 Å². The SMILES string of the molecule is CNC(=O)C1CC(c2cc(C)c(C)cc2C)CCN1. The molecule has 0 aromatic heterocycles. The van der Waals surface area contributed by atoms with Gasteiger partial charge in [0.05, 0.1) is 6.04 Å². The summed E-state index contributed by atoms with van der Waals surface area (Å²) in [5.74, 6) is 0.592. The molecule has 1 amide bonds. The molecular formula is C16H24N2O. The second-order valence-corrected chi connectivity index (χ2v) is 5.64. The van der Waals surface area contributed by atoms with Gasteiger partial charge in [-0.3, -0.25) is 4.79 Å². The lowest BCUT2D eigenvalue weighted by Gasteiger charge is -2.30. The standard InChI is InChI=1S/C16H24N2O/c1-10-7-12(3)14(8-11(10)2)13-5-6-18-15(9-13)16(19)17-4/h7-8,13,15,18H,5-6,9H2,1-4H3,(H,17,19). The van der Waals surface area contributed by atoms with Crippen LogP contribution < -0.4 is 10.6 Å². The summed E-state index contributed by atoms with van der Waals surface area (Å²) >= 11 is 0. The lowest BCUT2D eigenvalue weighted by molar-refractivity contribution is -0.123. The summed E-state index contributed by atoms with van der Waals surface area (Å²) in [4.78, 5) is 11.8. The van der Waals surface area contributed by atoms with Gasteiger partial charge in [-0.05, 0) is 68.3 Å². The van der Waals surface area contributed by atoms with Crippen LogP contribution in [0.2, 0.25) is 0 Å². The zero-order valence-corrected chi connectivity index (χ0v) is 12.3. The van der Waals surface area contributed by atoms with E-state index in [1.807, 2.05) is 0 Å². The molecule has 1 saturated heterocycles. The highest BCUT2D eigenvalue weighted by atomic mass is 16.2. The van der Waals surface area contributed by atoms with E-state index < -0.39 is 0 Å². The van der Waals surface area contributed by atoms with Gasteiger partial charge in [-0.2, -0.15) is 0 Å². The second-order valence-electron chi connectivity index (χ2n) is 5.64. The lowest BCUT2D eigenvalue weighted by Crippen LogP contribution is -2.47. The first-order valence-corrected chi connectivity index (χ1v) is 7.05. The molecule has 19 heavy (non-hydrogen) atoms. The van der Waals surface area contributed by atoms with Crippen LogP contribution in [0, 0.1) is 20.8 Å². The van der Waals surface area contributed by atoms with Crippen molar-refractivity contribution in [1.29, 1.82) is 0 Å². The fourth-order valence-corrected chi connectivity index (χ4v) is 3.00. The summed E-state index contributed by atoms with van der Waals surface area (Å²) in [6, 6.07) is 4.52. The van der Waals surface area contributed by atoms with E-state index in [0.717, 1.165) is 19.4 Å². The molecule has 3 nitrogen and oxygen atoms in total. The van der Waals surface area contributed by atoms with Crippen molar-refractivity contribution >= 4 is 5.91 Å². The number of nitrogens with one attached hydrogen (secondary N) is 2. The molecule has 1 aliphatic heterocycles. The number of amides is 1. The quantitative estimate of drug-likeness (QED) is 0.856. The molecule has 0 saturated carbocycles. The molecule has 1 aliphatic rings. The van der Waals surface area contributed by atoms with Crippen LogP contribution in [0.3, 0.4) is 0 Å². The number of hydrogen-bond donors (Lipinski definition) is 2. The van der Waals surface area contributed by atoms with Gasteiger partial charge in [-0.1, -0.05) is 12.1 Å². The third-order valence-corrected chi connectivity index (χ3v) is 4.29. The van der Waals surface area contributed by atoms with E-state index in [4.69, 9.17) is 0 Å². The molecule has 0 radical (unpaired) electrons. The van der Waals surface area contributed by atoms with Crippen LogP contribution in [0.5, 0.6) is 0 Å². The maximum absolute atomic E-state index is 11.8. The molecule has 2 rings (SSSR count). The minimum atomic E-state index is -0.0511. The third kappa shape index (κ3) is 2.98. The molecule has 1 aromatic carbocycles. The normalized spacial score (nSPS) is 23.2. The molecule has 0 spiro atoms. The Kier molecular flexibility index (Phi) is 4.25. The molecule has 0 bridgehead atoms. The highest BCUT2D eigenvalue weighted by Crippen LogP contribution is 2.31. The Balaban J connectivity index is 2.22. The van der Waals surface area contributed by atoms with Crippen molar-refractivity contribution in [2.24, 2.45) is 0 Å². The number of rotatable bonds is 2. The van der Waals surface area contributed by atoms with E-state index >= 15 is 0 Å². The van der Waals surface area contributed by atoms with Crippen molar-refractivity contribution < 1.29 is 4.79 Å². The van der Waals surface area contributed by atoms with Crippen molar-refractivity contribution in [3.63, 3.8) is 0 Å². The molecule has 0 aliphatic carbocycles. The molecule has 104 valence electrons. The maximum Gasteiger partial charge on any atom is 0.236 e. The van der Waals surface area contributed by atoms with Gasteiger partial charge in [0.25, 0.3) is 0 Å². The van der Waals surface area contributed by atoms with Gasteiger partial charge in [0.1, 0.15) is 0 Å². The van der Waals surface area contributed by atoms with Crippen molar-refractivity contribution in [2.45, 2.75) is 45.6 Å². The second kappa shape index (κ2) is 5.74. The predicted molar refractivity (Wildman–Crippen MR) is 78.5 cm³/mol. The van der Waals surface area contributed by atoms with E-state index in [1.54, 1.807) is 7.05 Å². The number of carbonyl (C=O) groups is 1. The summed E-state index contributed by atoms with van der Waals surface area (Å²) in [6.07, 6.45) is 2.00. The average molecular weight is 260 g/mol. The van der Waals surface area contributed by atoms with Crippen LogP contribution >= 0.6 is 0 Å². The number of aryl methyl sites for hydroxylation is 3. The Morgan fingerprint density at radius 2 is 1.89 bits per heavy atom. The van der Waals surface area contributed by atoms with Crippen LogP contribution in [0.1, 0.15) is 41.0 Å². The zero-order chi connectivity index (χ0) is 14.0. The number of piperidine rings is 1. The fourth-order valence-electron chi connectivity index (χ4n) is 3.00. The molecule has 1 fully saturated rings. The average Bonchev–Trinajstić information content (AvgIpc) is 2.42. The first-order chi connectivity index (χ1) is 9.02. The Morgan fingerprint density at radius 3 is 2.58 bits per heavy atom. The third-order valence-electron chi connectivity index (χ3n) is 4.29. The molecule has 3 heteroatoms. The van der Waals surface area contributed by atoms with E-state index in [2.05, 4.69) is 43.5 Å². The van der Waals surface area contributed by atoms with Crippen molar-refractivity contribution in [2.75, 3.05) is 13.6 Å². The van der Waals surface area contributed by atoms with Crippen molar-refractivity contribution in [3.8, 4) is 0 Å². The zero-order valence-electron chi connectivity index (χ0n) is 12.3. The van der Waals surface area contributed by atoms with Crippen molar-refractivity contribution in [1.82, 2.24) is 10.6 Å². The first-order valence-electron chi connectivity index (χ1n) is 7.05. The first kappa shape index (κ1) is 14.1. The van der Waals surface area contributed by atoms with Gasteiger partial charge in [0.2, 0.25) is 5.91 Å². The maximum atomic E-state index is 11.8.